The van der Waals surface area contributed by atoms with Crippen LogP contribution < -0.4 is 4.74 Å². The zero-order chi connectivity index (χ0) is 13.7. The van der Waals surface area contributed by atoms with Crippen molar-refractivity contribution in [3.05, 3.63) is 29.8 Å². The highest BCUT2D eigenvalue weighted by Gasteiger charge is 2.32. The van der Waals surface area contributed by atoms with Crippen molar-refractivity contribution in [1.29, 1.82) is 0 Å². The lowest BCUT2D eigenvalue weighted by Gasteiger charge is -2.36. The molecule has 0 unspecified atom stereocenters. The van der Waals surface area contributed by atoms with Gasteiger partial charge in [-0.15, -0.1) is 0 Å². The molecular weight excluding hydrogens is 242 g/mol. The molecule has 2 rings (SSSR count). The van der Waals surface area contributed by atoms with Crippen LogP contribution in [0.1, 0.15) is 25.3 Å². The topological polar surface area (TPSA) is 49.8 Å². The van der Waals surface area contributed by atoms with Crippen molar-refractivity contribution in [2.75, 3.05) is 19.7 Å². The molecule has 0 atom stereocenters. The molecule has 4 heteroatoms. The van der Waals surface area contributed by atoms with Crippen molar-refractivity contribution >= 4 is 5.97 Å². The second-order valence-electron chi connectivity index (χ2n) is 5.04. The van der Waals surface area contributed by atoms with E-state index in [1.165, 1.54) is 0 Å². The van der Waals surface area contributed by atoms with E-state index in [4.69, 9.17) is 9.84 Å². The van der Waals surface area contributed by atoms with Gasteiger partial charge in [0.25, 0.3) is 0 Å². The predicted molar refractivity (Wildman–Crippen MR) is 73.2 cm³/mol. The van der Waals surface area contributed by atoms with Crippen molar-refractivity contribution in [2.24, 2.45) is 5.92 Å². The molecule has 1 aliphatic heterocycles. The summed E-state index contributed by atoms with van der Waals surface area (Å²) in [6.07, 6.45) is 2.17. The first-order valence-corrected chi connectivity index (χ1v) is 6.86. The number of hydrogen-bond donors (Lipinski definition) is 1. The molecule has 4 nitrogen and oxygen atoms in total. The van der Waals surface area contributed by atoms with Crippen LogP contribution in [-0.4, -0.2) is 35.7 Å². The molecule has 0 saturated carbocycles. The number of carbonyl (C=O) groups is 1. The summed E-state index contributed by atoms with van der Waals surface area (Å²) in [4.78, 5) is 12.9. The van der Waals surface area contributed by atoms with Crippen LogP contribution >= 0.6 is 0 Å². The molecule has 1 aromatic rings. The van der Waals surface area contributed by atoms with E-state index < -0.39 is 5.97 Å². The van der Waals surface area contributed by atoms with E-state index in [1.807, 2.05) is 18.2 Å². The molecule has 1 fully saturated rings. The Morgan fingerprint density at radius 1 is 1.42 bits per heavy atom. The number of carboxylic acid groups (broad SMARTS) is 1. The second-order valence-corrected chi connectivity index (χ2v) is 5.04. The highest BCUT2D eigenvalue weighted by atomic mass is 16.5. The van der Waals surface area contributed by atoms with Crippen molar-refractivity contribution in [3.8, 4) is 5.75 Å². The largest absolute Gasteiger partial charge is 0.493 e. The summed E-state index contributed by atoms with van der Waals surface area (Å²) in [6.45, 7) is 4.93. The molecule has 19 heavy (non-hydrogen) atoms. The van der Waals surface area contributed by atoms with Crippen LogP contribution in [0.3, 0.4) is 0 Å². The van der Waals surface area contributed by atoms with E-state index in [-0.39, 0.29) is 5.92 Å². The molecule has 0 spiro atoms. The number of hydrogen-bond acceptors (Lipinski definition) is 3. The van der Waals surface area contributed by atoms with Gasteiger partial charge < -0.3 is 9.84 Å². The Bertz CT molecular complexity index is 427. The third-order valence-corrected chi connectivity index (χ3v) is 3.43. The molecule has 1 aliphatic rings. The monoisotopic (exact) mass is 263 g/mol. The molecule has 1 saturated heterocycles. The van der Waals surface area contributed by atoms with Crippen molar-refractivity contribution in [3.63, 3.8) is 0 Å². The Morgan fingerprint density at radius 3 is 2.84 bits per heavy atom. The lowest BCUT2D eigenvalue weighted by molar-refractivity contribution is -0.147. The average molecular weight is 263 g/mol. The van der Waals surface area contributed by atoms with E-state index in [1.54, 1.807) is 0 Å². The number of likely N-dealkylation sites (tertiary alicyclic amines) is 1. The van der Waals surface area contributed by atoms with Gasteiger partial charge in [0.2, 0.25) is 0 Å². The Morgan fingerprint density at radius 2 is 2.16 bits per heavy atom. The highest BCUT2D eigenvalue weighted by Crippen LogP contribution is 2.24. The highest BCUT2D eigenvalue weighted by molar-refractivity contribution is 5.71. The molecule has 0 aromatic heterocycles. The molecule has 1 heterocycles. The third-order valence-electron chi connectivity index (χ3n) is 3.43. The quantitative estimate of drug-likeness (QED) is 0.767. The van der Waals surface area contributed by atoms with E-state index in [0.29, 0.717) is 13.1 Å². The number of benzene rings is 1. The van der Waals surface area contributed by atoms with Crippen molar-refractivity contribution < 1.29 is 14.6 Å². The van der Waals surface area contributed by atoms with Crippen LogP contribution in [0, 0.1) is 5.92 Å². The smallest absolute Gasteiger partial charge is 0.309 e. The summed E-state index contributed by atoms with van der Waals surface area (Å²) in [5.41, 5.74) is 1.14. The van der Waals surface area contributed by atoms with E-state index in [0.717, 1.165) is 37.3 Å². The first-order chi connectivity index (χ1) is 9.20. The van der Waals surface area contributed by atoms with Crippen LogP contribution in [0.15, 0.2) is 24.3 Å². The normalized spacial score (nSPS) is 16.1. The summed E-state index contributed by atoms with van der Waals surface area (Å²) in [7, 11) is 0. The fourth-order valence-electron chi connectivity index (χ4n) is 2.20. The van der Waals surface area contributed by atoms with Gasteiger partial charge >= 0.3 is 5.97 Å². The minimum atomic E-state index is -0.691. The fraction of sp³-hybridized carbons (Fsp3) is 0.533. The average Bonchev–Trinajstić information content (AvgIpc) is 2.34. The predicted octanol–water partition coefficient (Wildman–Crippen LogP) is 2.38. The van der Waals surface area contributed by atoms with Crippen LogP contribution in [0.25, 0.3) is 0 Å². The minimum Gasteiger partial charge on any atom is -0.493 e. The number of carboxylic acids is 1. The maximum absolute atomic E-state index is 10.8. The number of unbranched alkanes of at least 4 members (excludes halogenated alkanes) is 1. The summed E-state index contributed by atoms with van der Waals surface area (Å²) in [5.74, 6) is 0.0339. The van der Waals surface area contributed by atoms with Gasteiger partial charge in [-0.3, -0.25) is 9.69 Å². The van der Waals surface area contributed by atoms with Gasteiger partial charge in [-0.25, -0.2) is 0 Å². The standard InChI is InChI=1S/C15H21NO3/c1-2-3-8-19-14-7-5-4-6-12(14)9-16-10-13(11-16)15(17)18/h4-7,13H,2-3,8-11H2,1H3,(H,17,18). The lowest BCUT2D eigenvalue weighted by atomic mass is 9.99. The van der Waals surface area contributed by atoms with Crippen LogP contribution in [0.5, 0.6) is 5.75 Å². The second kappa shape index (κ2) is 6.57. The maximum Gasteiger partial charge on any atom is 0.309 e. The van der Waals surface area contributed by atoms with E-state index in [9.17, 15) is 4.79 Å². The molecule has 0 radical (unpaired) electrons. The lowest BCUT2D eigenvalue weighted by Crippen LogP contribution is -2.49. The maximum atomic E-state index is 10.8. The SMILES string of the molecule is CCCCOc1ccccc1CN1CC(C(=O)O)C1. The molecule has 1 aromatic carbocycles. The van der Waals surface area contributed by atoms with Gasteiger partial charge in [0, 0.05) is 25.2 Å². The van der Waals surface area contributed by atoms with Crippen LogP contribution in [-0.2, 0) is 11.3 Å². The molecule has 0 bridgehead atoms. The summed E-state index contributed by atoms with van der Waals surface area (Å²) in [5, 5.41) is 8.86. The Balaban J connectivity index is 1.88. The third kappa shape index (κ3) is 3.70. The first-order valence-electron chi connectivity index (χ1n) is 6.86. The number of aliphatic carboxylic acids is 1. The Hall–Kier alpha value is -1.55. The first kappa shape index (κ1) is 13.9. The number of nitrogens with zero attached hydrogens (tertiary/aromatic N) is 1. The number of para-hydroxylation sites is 1. The molecule has 0 aliphatic carbocycles. The fourth-order valence-corrected chi connectivity index (χ4v) is 2.20. The molecular formula is C15H21NO3. The van der Waals surface area contributed by atoms with Crippen LogP contribution in [0.2, 0.25) is 0 Å². The molecule has 1 N–H and O–H groups in total. The summed E-state index contributed by atoms with van der Waals surface area (Å²) in [6, 6.07) is 8.01. The zero-order valence-electron chi connectivity index (χ0n) is 11.3. The van der Waals surface area contributed by atoms with Crippen LogP contribution in [0.4, 0.5) is 0 Å². The van der Waals surface area contributed by atoms with Gasteiger partial charge in [0.05, 0.1) is 12.5 Å². The van der Waals surface area contributed by atoms with E-state index in [2.05, 4.69) is 17.9 Å². The minimum absolute atomic E-state index is 0.201. The zero-order valence-corrected chi connectivity index (χ0v) is 11.3. The van der Waals surface area contributed by atoms with Crippen molar-refractivity contribution in [1.82, 2.24) is 4.90 Å². The summed E-state index contributed by atoms with van der Waals surface area (Å²) < 4.78 is 5.78. The van der Waals surface area contributed by atoms with Gasteiger partial charge in [-0.05, 0) is 12.5 Å². The van der Waals surface area contributed by atoms with E-state index >= 15 is 0 Å². The molecule has 104 valence electrons. The van der Waals surface area contributed by atoms with Gasteiger partial charge in [0.15, 0.2) is 0 Å². The van der Waals surface area contributed by atoms with Crippen molar-refractivity contribution in [2.45, 2.75) is 26.3 Å². The Kier molecular flexibility index (Phi) is 4.80. The number of ether oxygens (including phenoxy) is 1. The molecule has 0 amide bonds. The number of rotatable bonds is 7. The van der Waals surface area contributed by atoms with Gasteiger partial charge in [-0.2, -0.15) is 0 Å². The Labute approximate surface area is 114 Å². The van der Waals surface area contributed by atoms with Gasteiger partial charge in [0.1, 0.15) is 5.75 Å². The van der Waals surface area contributed by atoms with Gasteiger partial charge in [-0.1, -0.05) is 31.5 Å². The summed E-state index contributed by atoms with van der Waals surface area (Å²) >= 11 is 0.